The van der Waals surface area contributed by atoms with Crippen LogP contribution in [0.4, 0.5) is 5.13 Å². The van der Waals surface area contributed by atoms with Crippen molar-refractivity contribution in [1.82, 2.24) is 4.98 Å². The summed E-state index contributed by atoms with van der Waals surface area (Å²) in [6, 6.07) is 0. The number of hydrogen-bond donors (Lipinski definition) is 1. The Kier molecular flexibility index (Phi) is 6.17. The Morgan fingerprint density at radius 2 is 2.14 bits per heavy atom. The smallest absolute Gasteiger partial charge is 0.357 e. The second-order valence-electron chi connectivity index (χ2n) is 5.35. The molecule has 5 nitrogen and oxygen atoms in total. The van der Waals surface area contributed by atoms with E-state index in [1.54, 1.807) is 12.3 Å². The number of nitrogens with one attached hydrogen (secondary N) is 1. The largest absolute Gasteiger partial charge is 0.461 e. The molecule has 1 aromatic rings. The minimum Gasteiger partial charge on any atom is -0.461 e. The maximum absolute atomic E-state index is 11.9. The van der Waals surface area contributed by atoms with Crippen LogP contribution < -0.4 is 5.32 Å². The first-order valence-corrected chi connectivity index (χ1v) is 8.49. The average molecular weight is 310 g/mol. The summed E-state index contributed by atoms with van der Waals surface area (Å²) in [4.78, 5) is 27.5. The molecule has 1 heterocycles. The normalized spacial score (nSPS) is 15.7. The first kappa shape index (κ1) is 15.9. The van der Waals surface area contributed by atoms with Crippen molar-refractivity contribution in [2.75, 3.05) is 11.9 Å². The van der Waals surface area contributed by atoms with Crippen LogP contribution in [0.15, 0.2) is 5.38 Å². The molecule has 0 aliphatic heterocycles. The van der Waals surface area contributed by atoms with Crippen LogP contribution in [-0.4, -0.2) is 23.5 Å². The van der Waals surface area contributed by atoms with Crippen LogP contribution in [0.2, 0.25) is 0 Å². The fraction of sp³-hybridized carbons (Fsp3) is 0.667. The number of esters is 1. The molecule has 0 aromatic carbocycles. The van der Waals surface area contributed by atoms with Gasteiger partial charge in [-0.2, -0.15) is 0 Å². The van der Waals surface area contributed by atoms with Crippen molar-refractivity contribution in [3.63, 3.8) is 0 Å². The van der Waals surface area contributed by atoms with E-state index in [2.05, 4.69) is 10.3 Å². The second-order valence-corrected chi connectivity index (χ2v) is 6.21. The van der Waals surface area contributed by atoms with Crippen LogP contribution in [0.1, 0.15) is 62.4 Å². The van der Waals surface area contributed by atoms with Crippen LogP contribution in [0.3, 0.4) is 0 Å². The summed E-state index contributed by atoms with van der Waals surface area (Å²) in [7, 11) is 0. The number of anilines is 1. The number of carbonyl (C=O) groups is 2. The second kappa shape index (κ2) is 8.12. The third kappa shape index (κ3) is 5.12. The van der Waals surface area contributed by atoms with Crippen LogP contribution in [0.5, 0.6) is 0 Å². The molecular weight excluding hydrogens is 288 g/mol. The quantitative estimate of drug-likeness (QED) is 0.815. The summed E-state index contributed by atoms with van der Waals surface area (Å²) in [5, 5.41) is 4.83. The summed E-state index contributed by atoms with van der Waals surface area (Å²) in [6.07, 6.45) is 7.89. The maximum atomic E-state index is 11.9. The van der Waals surface area contributed by atoms with E-state index in [1.165, 1.54) is 43.4 Å². The minimum absolute atomic E-state index is 0.0228. The van der Waals surface area contributed by atoms with Gasteiger partial charge in [-0.25, -0.2) is 9.78 Å². The first-order valence-electron chi connectivity index (χ1n) is 7.61. The van der Waals surface area contributed by atoms with Crippen LogP contribution >= 0.6 is 11.3 Å². The van der Waals surface area contributed by atoms with E-state index in [0.29, 0.717) is 24.1 Å². The molecule has 2 rings (SSSR count). The van der Waals surface area contributed by atoms with Gasteiger partial charge in [0.2, 0.25) is 5.91 Å². The van der Waals surface area contributed by atoms with Gasteiger partial charge in [0.05, 0.1) is 6.61 Å². The van der Waals surface area contributed by atoms with Gasteiger partial charge in [-0.3, -0.25) is 4.79 Å². The molecule has 1 N–H and O–H groups in total. The van der Waals surface area contributed by atoms with E-state index < -0.39 is 5.97 Å². The van der Waals surface area contributed by atoms with E-state index in [0.717, 1.165) is 6.42 Å². The topological polar surface area (TPSA) is 68.3 Å². The molecule has 0 atom stereocenters. The molecule has 1 saturated carbocycles. The fourth-order valence-electron chi connectivity index (χ4n) is 2.62. The van der Waals surface area contributed by atoms with Gasteiger partial charge in [0.25, 0.3) is 0 Å². The van der Waals surface area contributed by atoms with E-state index in [9.17, 15) is 9.59 Å². The predicted molar refractivity (Wildman–Crippen MR) is 82.5 cm³/mol. The standard InChI is InChI=1S/C15H22N2O3S/c1-2-20-14(19)12-10-21-15(16-12)17-13(18)9-8-11-6-4-3-5-7-11/h10-11H,2-9H2,1H3,(H,16,17,18). The number of aromatic nitrogens is 1. The van der Waals surface area contributed by atoms with E-state index in [4.69, 9.17) is 4.74 Å². The third-order valence-electron chi connectivity index (χ3n) is 3.74. The van der Waals surface area contributed by atoms with Gasteiger partial charge in [-0.05, 0) is 19.3 Å². The maximum Gasteiger partial charge on any atom is 0.357 e. The Balaban J connectivity index is 1.75. The van der Waals surface area contributed by atoms with Crippen molar-refractivity contribution in [3.8, 4) is 0 Å². The molecule has 1 amide bonds. The van der Waals surface area contributed by atoms with Gasteiger partial charge in [0.15, 0.2) is 10.8 Å². The van der Waals surface area contributed by atoms with Crippen molar-refractivity contribution < 1.29 is 14.3 Å². The van der Waals surface area contributed by atoms with Gasteiger partial charge in [0, 0.05) is 11.8 Å². The lowest BCUT2D eigenvalue weighted by molar-refractivity contribution is -0.116. The highest BCUT2D eigenvalue weighted by atomic mass is 32.1. The Bertz CT molecular complexity index is 481. The van der Waals surface area contributed by atoms with Crippen LogP contribution in [-0.2, 0) is 9.53 Å². The molecule has 0 spiro atoms. The minimum atomic E-state index is -0.448. The number of hydrogen-bond acceptors (Lipinski definition) is 5. The van der Waals surface area contributed by atoms with Crippen LogP contribution in [0, 0.1) is 5.92 Å². The number of ether oxygens (including phenoxy) is 1. The van der Waals surface area contributed by atoms with Crippen molar-refractivity contribution in [2.45, 2.75) is 51.9 Å². The van der Waals surface area contributed by atoms with Crippen molar-refractivity contribution in [2.24, 2.45) is 5.92 Å². The summed E-state index contributed by atoms with van der Waals surface area (Å²) in [5.74, 6) is 0.220. The van der Waals surface area contributed by atoms with Gasteiger partial charge in [0.1, 0.15) is 0 Å². The molecule has 21 heavy (non-hydrogen) atoms. The molecule has 1 aliphatic carbocycles. The molecule has 0 unspecified atom stereocenters. The number of rotatable bonds is 6. The van der Waals surface area contributed by atoms with E-state index in [-0.39, 0.29) is 11.6 Å². The highest BCUT2D eigenvalue weighted by Gasteiger charge is 2.16. The average Bonchev–Trinajstić information content (AvgIpc) is 2.95. The van der Waals surface area contributed by atoms with E-state index >= 15 is 0 Å². The Morgan fingerprint density at radius 3 is 2.86 bits per heavy atom. The zero-order chi connectivity index (χ0) is 15.1. The van der Waals surface area contributed by atoms with Gasteiger partial charge in [-0.1, -0.05) is 32.1 Å². The lowest BCUT2D eigenvalue weighted by atomic mass is 9.86. The highest BCUT2D eigenvalue weighted by Crippen LogP contribution is 2.27. The summed E-state index contributed by atoms with van der Waals surface area (Å²) < 4.78 is 4.87. The molecular formula is C15H22N2O3S. The summed E-state index contributed by atoms with van der Waals surface area (Å²) >= 11 is 1.25. The fourth-order valence-corrected chi connectivity index (χ4v) is 3.32. The monoisotopic (exact) mass is 310 g/mol. The number of amides is 1. The molecule has 1 aliphatic rings. The lowest BCUT2D eigenvalue weighted by Gasteiger charge is -2.20. The van der Waals surface area contributed by atoms with Gasteiger partial charge < -0.3 is 10.1 Å². The number of carbonyl (C=O) groups excluding carboxylic acids is 2. The number of nitrogens with zero attached hydrogens (tertiary/aromatic N) is 1. The van der Waals surface area contributed by atoms with E-state index in [1.807, 2.05) is 0 Å². The van der Waals surface area contributed by atoms with Gasteiger partial charge >= 0.3 is 5.97 Å². The summed E-state index contributed by atoms with van der Waals surface area (Å²) in [5.41, 5.74) is 0.254. The van der Waals surface area contributed by atoms with Crippen molar-refractivity contribution >= 4 is 28.3 Å². The van der Waals surface area contributed by atoms with Gasteiger partial charge in [-0.15, -0.1) is 11.3 Å². The first-order chi connectivity index (χ1) is 10.2. The summed E-state index contributed by atoms with van der Waals surface area (Å²) in [6.45, 7) is 2.07. The highest BCUT2D eigenvalue weighted by molar-refractivity contribution is 7.14. The lowest BCUT2D eigenvalue weighted by Crippen LogP contribution is -2.15. The van der Waals surface area contributed by atoms with Crippen molar-refractivity contribution in [3.05, 3.63) is 11.1 Å². The SMILES string of the molecule is CCOC(=O)c1csc(NC(=O)CCC2CCCCC2)n1. The molecule has 0 radical (unpaired) electrons. The molecule has 1 aromatic heterocycles. The molecule has 0 bridgehead atoms. The Labute approximate surface area is 129 Å². The Hall–Kier alpha value is -1.43. The zero-order valence-electron chi connectivity index (χ0n) is 12.4. The number of thiazole rings is 1. The van der Waals surface area contributed by atoms with Crippen molar-refractivity contribution in [1.29, 1.82) is 0 Å². The predicted octanol–water partition coefficient (Wildman–Crippen LogP) is 3.62. The Morgan fingerprint density at radius 1 is 1.38 bits per heavy atom. The molecule has 1 fully saturated rings. The third-order valence-corrected chi connectivity index (χ3v) is 4.50. The molecule has 116 valence electrons. The molecule has 0 saturated heterocycles. The zero-order valence-corrected chi connectivity index (χ0v) is 13.2. The van der Waals surface area contributed by atoms with Crippen LogP contribution in [0.25, 0.3) is 0 Å². The molecule has 6 heteroatoms.